The highest BCUT2D eigenvalue weighted by molar-refractivity contribution is 9.10. The largest absolute Gasteiger partial charge is 0.508 e. The fraction of sp³-hybridized carbons (Fsp3) is 0.207. The number of allylic oxidation sites excluding steroid dienone is 1. The lowest BCUT2D eigenvalue weighted by Gasteiger charge is -2.25. The number of carbonyl (C=O) groups excluding carboxylic acids is 3. The molecule has 8 nitrogen and oxygen atoms in total. The average molecular weight is 580 g/mol. The number of carbonyl (C=O) groups is 3. The number of nitrogens with two attached hydrogens (primary N) is 1. The minimum absolute atomic E-state index is 0.000897. The minimum atomic E-state index is -0.768. The molecule has 0 saturated carbocycles. The van der Waals surface area contributed by atoms with Gasteiger partial charge >= 0.3 is 6.09 Å². The fourth-order valence-electron chi connectivity index (χ4n) is 3.78. The zero-order valence-corrected chi connectivity index (χ0v) is 22.7. The summed E-state index contributed by atoms with van der Waals surface area (Å²) in [4.78, 5) is 36.5. The lowest BCUT2D eigenvalue weighted by molar-refractivity contribution is -0.111. The van der Waals surface area contributed by atoms with Gasteiger partial charge in [0.2, 0.25) is 5.91 Å². The highest BCUT2D eigenvalue weighted by Gasteiger charge is 2.26. The van der Waals surface area contributed by atoms with Crippen LogP contribution < -0.4 is 16.4 Å². The molecular weight excluding hydrogens is 550 g/mol. The second-order valence-corrected chi connectivity index (χ2v) is 9.74. The van der Waals surface area contributed by atoms with Crippen LogP contribution in [0, 0.1) is 5.92 Å². The second-order valence-electron chi connectivity index (χ2n) is 8.82. The molecule has 5 N–H and O–H groups in total. The first kappa shape index (κ1) is 28.5. The summed E-state index contributed by atoms with van der Waals surface area (Å²) in [5, 5.41) is 15.9. The maximum Gasteiger partial charge on any atom is 0.412 e. The third kappa shape index (κ3) is 8.21. The highest BCUT2D eigenvalue weighted by atomic mass is 79.9. The Morgan fingerprint density at radius 1 is 1.05 bits per heavy atom. The number of hydrogen-bond donors (Lipinski definition) is 4. The van der Waals surface area contributed by atoms with Gasteiger partial charge < -0.3 is 20.9 Å². The summed E-state index contributed by atoms with van der Waals surface area (Å²) in [6, 6.07) is 18.4. The smallest absolute Gasteiger partial charge is 0.412 e. The first-order valence-electron chi connectivity index (χ1n) is 12.0. The predicted octanol–water partition coefficient (Wildman–Crippen LogP) is 6.84. The van der Waals surface area contributed by atoms with E-state index in [9.17, 15) is 19.5 Å². The van der Waals surface area contributed by atoms with E-state index in [-0.39, 0.29) is 23.4 Å². The molecule has 198 valence electrons. The van der Waals surface area contributed by atoms with Gasteiger partial charge in [0.25, 0.3) is 0 Å². The molecule has 0 spiro atoms. The molecular formula is C29H30BrN3O5. The molecule has 3 aromatic carbocycles. The summed E-state index contributed by atoms with van der Waals surface area (Å²) in [6.45, 7) is 3.37. The molecule has 38 heavy (non-hydrogen) atoms. The molecule has 0 fully saturated rings. The lowest BCUT2D eigenvalue weighted by atomic mass is 9.92. The first-order valence-corrected chi connectivity index (χ1v) is 12.8. The molecule has 2 atom stereocenters. The first-order chi connectivity index (χ1) is 18.1. The number of aromatic hydroxyl groups is 1. The van der Waals surface area contributed by atoms with Crippen molar-refractivity contribution in [2.24, 2.45) is 5.92 Å². The van der Waals surface area contributed by atoms with Crippen LogP contribution in [0.25, 0.3) is 0 Å². The molecule has 3 aromatic rings. The van der Waals surface area contributed by atoms with Crippen LogP contribution in [-0.2, 0) is 9.53 Å². The Morgan fingerprint density at radius 3 is 2.45 bits per heavy atom. The third-order valence-electron chi connectivity index (χ3n) is 5.86. The number of rotatable bonds is 10. The van der Waals surface area contributed by atoms with Gasteiger partial charge in [-0.1, -0.05) is 41.1 Å². The lowest BCUT2D eigenvalue weighted by Crippen LogP contribution is -2.22. The maximum absolute atomic E-state index is 12.8. The van der Waals surface area contributed by atoms with Crippen LogP contribution in [0.1, 0.15) is 48.7 Å². The van der Waals surface area contributed by atoms with Crippen LogP contribution in [0.5, 0.6) is 5.75 Å². The van der Waals surface area contributed by atoms with Crippen molar-refractivity contribution in [2.45, 2.75) is 32.8 Å². The summed E-state index contributed by atoms with van der Waals surface area (Å²) < 4.78 is 6.50. The van der Waals surface area contributed by atoms with Crippen LogP contribution in [0.2, 0.25) is 0 Å². The quantitative estimate of drug-likeness (QED) is 0.118. The van der Waals surface area contributed by atoms with E-state index < -0.39 is 12.2 Å². The van der Waals surface area contributed by atoms with Gasteiger partial charge in [0.05, 0.1) is 11.4 Å². The zero-order valence-electron chi connectivity index (χ0n) is 21.1. The van der Waals surface area contributed by atoms with Crippen LogP contribution in [0.15, 0.2) is 83.4 Å². The molecule has 0 radical (unpaired) electrons. The molecule has 0 aliphatic heterocycles. The van der Waals surface area contributed by atoms with Crippen LogP contribution in [0.4, 0.5) is 21.9 Å². The van der Waals surface area contributed by atoms with Gasteiger partial charge in [-0.25, -0.2) is 4.79 Å². The van der Waals surface area contributed by atoms with Crippen molar-refractivity contribution in [3.8, 4) is 5.75 Å². The maximum atomic E-state index is 12.8. The number of phenols is 1. The van der Waals surface area contributed by atoms with Gasteiger partial charge in [0, 0.05) is 21.3 Å². The van der Waals surface area contributed by atoms with Crippen molar-refractivity contribution in [1.29, 1.82) is 0 Å². The van der Waals surface area contributed by atoms with Crippen molar-refractivity contribution in [1.82, 2.24) is 0 Å². The Hall–Kier alpha value is -4.11. The van der Waals surface area contributed by atoms with Crippen molar-refractivity contribution in [3.63, 3.8) is 0 Å². The molecule has 0 saturated heterocycles. The molecule has 0 aliphatic carbocycles. The minimum Gasteiger partial charge on any atom is -0.508 e. The molecule has 9 heteroatoms. The number of ether oxygens (including phenoxy) is 1. The third-order valence-corrected chi connectivity index (χ3v) is 6.35. The molecule has 0 aromatic heterocycles. The summed E-state index contributed by atoms with van der Waals surface area (Å²) in [5.74, 6) is -0.588. The number of phenolic OH excluding ortho intramolecular Hbond substituents is 1. The van der Waals surface area contributed by atoms with Gasteiger partial charge in [-0.15, -0.1) is 0 Å². The van der Waals surface area contributed by atoms with Crippen molar-refractivity contribution in [2.75, 3.05) is 16.4 Å². The Morgan fingerprint density at radius 2 is 1.76 bits per heavy atom. The van der Waals surface area contributed by atoms with Gasteiger partial charge in [-0.3, -0.25) is 14.9 Å². The average Bonchev–Trinajstić information content (AvgIpc) is 2.88. The monoisotopic (exact) mass is 579 g/mol. The van der Waals surface area contributed by atoms with E-state index in [1.807, 2.05) is 6.92 Å². The number of nitrogen functional groups attached to an aromatic ring is 1. The summed E-state index contributed by atoms with van der Waals surface area (Å²) >= 11 is 3.40. The highest BCUT2D eigenvalue weighted by Crippen LogP contribution is 2.36. The van der Waals surface area contributed by atoms with Crippen LogP contribution >= 0.6 is 15.9 Å². The van der Waals surface area contributed by atoms with Gasteiger partial charge in [-0.05, 0) is 86.4 Å². The van der Waals surface area contributed by atoms with E-state index in [0.717, 1.165) is 4.47 Å². The van der Waals surface area contributed by atoms with Crippen molar-refractivity contribution >= 4 is 50.8 Å². The number of nitrogens with one attached hydrogen (secondary N) is 2. The van der Waals surface area contributed by atoms with E-state index in [2.05, 4.69) is 26.6 Å². The number of para-hydroxylation sites is 2. The molecule has 0 heterocycles. The van der Waals surface area contributed by atoms with Crippen molar-refractivity contribution in [3.05, 3.63) is 94.5 Å². The number of hydrogen-bond acceptors (Lipinski definition) is 6. The second kappa shape index (κ2) is 13.4. The summed E-state index contributed by atoms with van der Waals surface area (Å²) in [5.41, 5.74) is 8.33. The van der Waals surface area contributed by atoms with Crippen LogP contribution in [-0.4, -0.2) is 22.9 Å². The Bertz CT molecular complexity index is 1320. The fourth-order valence-corrected chi connectivity index (χ4v) is 4.16. The number of ketones is 1. The normalized spacial score (nSPS) is 12.5. The van der Waals surface area contributed by atoms with E-state index in [4.69, 9.17) is 10.5 Å². The molecule has 0 aliphatic rings. The molecule has 2 amide bonds. The van der Waals surface area contributed by atoms with E-state index in [1.165, 1.54) is 19.1 Å². The number of halogens is 1. The van der Waals surface area contributed by atoms with Gasteiger partial charge in [0.15, 0.2) is 5.78 Å². The molecule has 3 rings (SSSR count). The molecule has 0 bridgehead atoms. The zero-order chi connectivity index (χ0) is 27.7. The summed E-state index contributed by atoms with van der Waals surface area (Å²) in [7, 11) is 0. The SMILES string of the molecule is CC(=O)c1ccc(NC(=O)O[C@H](c2cc(Br)ccc2O)[C@H](C)CC/C=C/C(=O)Nc2ccccc2N)cc1. The summed E-state index contributed by atoms with van der Waals surface area (Å²) in [6.07, 6.45) is 2.79. The van der Waals surface area contributed by atoms with Crippen LogP contribution in [0.3, 0.4) is 0 Å². The van der Waals surface area contributed by atoms with E-state index in [0.29, 0.717) is 41.0 Å². The Kier molecular flexibility index (Phi) is 10.1. The molecule has 0 unspecified atom stereocenters. The number of benzene rings is 3. The number of anilines is 3. The van der Waals surface area contributed by atoms with E-state index >= 15 is 0 Å². The Labute approximate surface area is 230 Å². The van der Waals surface area contributed by atoms with Gasteiger partial charge in [-0.2, -0.15) is 0 Å². The number of Topliss-reactive ketones (excluding diaryl/α,β-unsaturated/α-hetero) is 1. The van der Waals surface area contributed by atoms with E-state index in [1.54, 1.807) is 66.7 Å². The van der Waals surface area contributed by atoms with Crippen molar-refractivity contribution < 1.29 is 24.2 Å². The van der Waals surface area contributed by atoms with Gasteiger partial charge in [0.1, 0.15) is 11.9 Å². The number of amides is 2. The Balaban J connectivity index is 1.66. The standard InChI is InChI=1S/C29H30BrN3O5/c1-18(7-3-6-10-27(36)33-25-9-5-4-8-24(25)31)28(23-17-21(30)13-16-26(23)35)38-29(37)32-22-14-11-20(12-15-22)19(2)34/h4-6,8-18,28,35H,3,7,31H2,1-2H3,(H,32,37)(H,33,36)/b10-6+/t18-,28+/m1/s1. The predicted molar refractivity (Wildman–Crippen MR) is 152 cm³/mol. The topological polar surface area (TPSA) is 131 Å².